The van der Waals surface area contributed by atoms with Crippen LogP contribution in [0.3, 0.4) is 0 Å². The summed E-state index contributed by atoms with van der Waals surface area (Å²) >= 11 is 18.8. The number of carboxylic acids is 2. The number of rotatable bonds is 17. The highest BCUT2D eigenvalue weighted by Crippen LogP contribution is 2.40. The molecule has 2 aromatic heterocycles. The molecule has 0 saturated carbocycles. The molecular weight excluding hydrogens is 1340 g/mol. The van der Waals surface area contributed by atoms with Crippen molar-refractivity contribution in [2.45, 2.75) is 70.4 Å². The number of alkyl halides is 1. The van der Waals surface area contributed by atoms with Crippen LogP contribution in [0.2, 0.25) is 10.0 Å². The van der Waals surface area contributed by atoms with E-state index in [0.717, 1.165) is 37.1 Å². The number of carbonyl (C=O) groups excluding carboxylic acids is 4. The van der Waals surface area contributed by atoms with E-state index in [9.17, 15) is 42.7 Å². The molecule has 12 rings (SSSR count). The van der Waals surface area contributed by atoms with E-state index in [-0.39, 0.29) is 71.1 Å². The van der Waals surface area contributed by atoms with Crippen molar-refractivity contribution in [2.24, 2.45) is 9.98 Å². The Labute approximate surface area is 556 Å². The van der Waals surface area contributed by atoms with Gasteiger partial charge in [-0.3, -0.25) is 14.9 Å². The predicted molar refractivity (Wildman–Crippen MR) is 349 cm³/mol. The lowest BCUT2D eigenvalue weighted by Crippen LogP contribution is -2.53. The number of nitrogens with zero attached hydrogens (tertiary/aromatic N) is 9. The Balaban J connectivity index is 0.000000179. The van der Waals surface area contributed by atoms with Gasteiger partial charge in [0.25, 0.3) is 0 Å². The number of aliphatic imine (C=N–C) groups is 2. The van der Waals surface area contributed by atoms with Gasteiger partial charge in [0, 0.05) is 110 Å². The van der Waals surface area contributed by atoms with Gasteiger partial charge in [0.2, 0.25) is 0 Å². The number of halogens is 5. The summed E-state index contributed by atoms with van der Waals surface area (Å²) < 4.78 is 39.3. The third-order valence-corrected chi connectivity index (χ3v) is 18.7. The zero-order chi connectivity index (χ0) is 64.5. The molecule has 4 N–H and O–H groups in total. The van der Waals surface area contributed by atoms with E-state index in [0.29, 0.717) is 101 Å². The molecule has 92 heavy (non-hydrogen) atoms. The second-order valence-corrected chi connectivity index (χ2v) is 24.7. The fourth-order valence-electron chi connectivity index (χ4n) is 11.5. The van der Waals surface area contributed by atoms with E-state index in [4.69, 9.17) is 42.8 Å². The second kappa shape index (κ2) is 31.0. The van der Waals surface area contributed by atoms with Crippen molar-refractivity contribution in [3.05, 3.63) is 203 Å². The number of piperidine rings is 1. The van der Waals surface area contributed by atoms with Crippen molar-refractivity contribution in [1.82, 2.24) is 45.1 Å². The number of ether oxygens (including phenoxy) is 2. The zero-order valence-corrected chi connectivity index (χ0v) is 54.9. The average molecular weight is 1400 g/mol. The molecule has 21 nitrogen and oxygen atoms in total. The van der Waals surface area contributed by atoms with E-state index in [2.05, 4.69) is 46.4 Å². The Kier molecular flexibility index (Phi) is 23.0. The molecule has 4 amide bonds. The van der Waals surface area contributed by atoms with Gasteiger partial charge >= 0.3 is 35.9 Å². The maximum atomic E-state index is 14.6. The summed E-state index contributed by atoms with van der Waals surface area (Å²) in [4.78, 5) is 101. The lowest BCUT2D eigenvalue weighted by molar-refractivity contribution is -0.139. The number of aromatic nitrogens is 2. The fraction of sp³-hybridized carbons (Fsp3) is 0.328. The minimum absolute atomic E-state index is 0. The van der Waals surface area contributed by atoms with Crippen LogP contribution in [0.25, 0.3) is 0 Å². The lowest BCUT2D eigenvalue weighted by atomic mass is 9.95. The Bertz CT molecular complexity index is 3830. The zero-order valence-electron chi connectivity index (χ0n) is 50.2. The number of aromatic carboxylic acids is 2. The summed E-state index contributed by atoms with van der Waals surface area (Å²) in [5.74, 6) is -3.29. The van der Waals surface area contributed by atoms with E-state index >= 15 is 0 Å². The van der Waals surface area contributed by atoms with Gasteiger partial charge < -0.3 is 57.3 Å². The fourth-order valence-corrected chi connectivity index (χ4v) is 13.6. The number of urea groups is 2. The number of hydrogen-bond acceptors (Lipinski definition) is 17. The number of amides is 4. The van der Waals surface area contributed by atoms with Gasteiger partial charge in [0.05, 0.1) is 57.6 Å². The molecule has 484 valence electrons. The highest BCUT2D eigenvalue weighted by atomic mass is 79.9. The highest BCUT2D eigenvalue weighted by molar-refractivity contribution is 9.09. The average Bonchev–Trinajstić information content (AvgIpc) is 2.01. The van der Waals surface area contributed by atoms with E-state index < -0.39 is 47.6 Å². The van der Waals surface area contributed by atoms with Gasteiger partial charge in [0.15, 0.2) is 21.7 Å². The summed E-state index contributed by atoms with van der Waals surface area (Å²) in [5.41, 5.74) is 4.67. The SMILES string of the molecule is CCOC(=O)C1=C(CBr)NC(c2nccs2)=N[C@H]1c1cccc(F)c1Cl.CCOC(=O)C1=C(CN2CCN3C(=O)N(Cc4ccc(C(=O)O)cc4)CC3C2)NC(c2nccs2)=N[C@H]1c1cccc(F)c1Cl.O=C(O)c1ccc(CN2CC3CCCCN3C2=O)cc1.[CH3-]. The first-order valence-electron chi connectivity index (χ1n) is 29.2. The number of amidine groups is 2. The maximum absolute atomic E-state index is 14.6. The van der Waals surface area contributed by atoms with Gasteiger partial charge in [-0.05, 0) is 80.6 Å². The van der Waals surface area contributed by atoms with Gasteiger partial charge in [-0.1, -0.05) is 87.7 Å². The molecule has 0 spiro atoms. The highest BCUT2D eigenvalue weighted by Gasteiger charge is 2.43. The number of fused-ring (bicyclic) bond motifs is 2. The van der Waals surface area contributed by atoms with Crippen LogP contribution in [0, 0.1) is 19.1 Å². The molecule has 8 heterocycles. The first kappa shape index (κ1) is 68.2. The number of hydrogen-bond donors (Lipinski definition) is 4. The van der Waals surface area contributed by atoms with Gasteiger partial charge in [-0.15, -0.1) is 22.7 Å². The third kappa shape index (κ3) is 15.5. The third-order valence-electron chi connectivity index (χ3n) is 15.8. The topological polar surface area (TPSA) is 252 Å². The molecule has 0 aliphatic carbocycles. The van der Waals surface area contributed by atoms with Gasteiger partial charge in [-0.2, -0.15) is 0 Å². The molecule has 6 aliphatic heterocycles. The van der Waals surface area contributed by atoms with Crippen molar-refractivity contribution in [2.75, 3.05) is 64.4 Å². The number of carboxylic acid groups (broad SMARTS) is 2. The molecule has 28 heteroatoms. The van der Waals surface area contributed by atoms with Crippen molar-refractivity contribution in [3.63, 3.8) is 0 Å². The Morgan fingerprint density at radius 2 is 1.10 bits per heavy atom. The molecule has 0 radical (unpaired) electrons. The molecule has 4 saturated heterocycles. The van der Waals surface area contributed by atoms with Gasteiger partial charge in [-0.25, -0.2) is 47.5 Å². The molecule has 4 fully saturated rings. The second-order valence-electron chi connectivity index (χ2n) is 21.6. The van der Waals surface area contributed by atoms with Gasteiger partial charge in [0.1, 0.15) is 23.7 Å². The molecule has 2 unspecified atom stereocenters. The molecule has 6 aromatic rings. The van der Waals surface area contributed by atoms with Crippen molar-refractivity contribution >= 4 is 109 Å². The van der Waals surface area contributed by atoms with Crippen LogP contribution in [0.1, 0.15) is 98.2 Å². The number of thiazole rings is 2. The van der Waals surface area contributed by atoms with Crippen LogP contribution >= 0.6 is 61.8 Å². The van der Waals surface area contributed by atoms with Crippen LogP contribution < -0.4 is 10.6 Å². The number of piperazine rings is 1. The first-order chi connectivity index (χ1) is 43.9. The number of nitrogens with one attached hydrogen (secondary N) is 2. The van der Waals surface area contributed by atoms with Crippen molar-refractivity contribution in [1.29, 1.82) is 0 Å². The Morgan fingerprint density at radius 3 is 1.54 bits per heavy atom. The number of benzene rings is 4. The first-order valence-corrected chi connectivity index (χ1v) is 32.8. The molecule has 0 bridgehead atoms. The largest absolute Gasteiger partial charge is 0.478 e. The molecule has 4 atom stereocenters. The standard InChI is InChI=1S/C31H30ClFN6O5S.C17H14BrClFN3O2S.C15H18N2O3.CH3/c1-2-44-30(42)24-23(35-27(28-34-10-13-45-28)36-26(24)21-4-3-5-22(33)25(21)32)17-37-11-12-39-20(15-37)16-38(31(39)43)14-18-6-8-19(9-7-18)29(40)41;1-2-25-17(24)12-11(8-18)22-15(16-21-6-7-26-16)23-14(12)9-4-3-5-10(20)13(9)19;18-14(19)12-6-4-11(5-7-12)9-16-10-13-3-1-2-8-17(13)15(16)20;/h3-10,13,20,26H,2,11-12,14-17H2,1H3,(H,35,36)(H,40,41);3-7,14H,2,8H2,1H3,(H,22,23);4-7,13H,1-3,8-10H2,(H,18,19);1H3/q;;;-1/t20?,26-;14-;;/m00../s1. The summed E-state index contributed by atoms with van der Waals surface area (Å²) in [7, 11) is 0. The summed E-state index contributed by atoms with van der Waals surface area (Å²) in [6.07, 6.45) is 6.72. The molecule has 6 aliphatic rings. The van der Waals surface area contributed by atoms with E-state index in [1.165, 1.54) is 65.5 Å². The Morgan fingerprint density at radius 1 is 0.630 bits per heavy atom. The predicted octanol–water partition coefficient (Wildman–Crippen LogP) is 11.0. The minimum atomic E-state index is -1.000. The van der Waals surface area contributed by atoms with Crippen LogP contribution in [0.15, 0.2) is 141 Å². The van der Waals surface area contributed by atoms with Crippen LogP contribution in [-0.2, 0) is 32.2 Å². The van der Waals surface area contributed by atoms with Crippen molar-refractivity contribution in [3.8, 4) is 0 Å². The van der Waals surface area contributed by atoms with Crippen LogP contribution in [0.5, 0.6) is 0 Å². The summed E-state index contributed by atoms with van der Waals surface area (Å²) in [5, 5.41) is 29.5. The monoisotopic (exact) mass is 1400 g/mol. The number of allylic oxidation sites excluding steroid dienone is 1. The minimum Gasteiger partial charge on any atom is -0.478 e. The maximum Gasteiger partial charge on any atom is 0.338 e. The summed E-state index contributed by atoms with van der Waals surface area (Å²) in [6, 6.07) is 20.8. The molecular formula is C64H65BrCl2F2N11O10S2-. The lowest BCUT2D eigenvalue weighted by Gasteiger charge is -2.38. The van der Waals surface area contributed by atoms with Crippen LogP contribution in [0.4, 0.5) is 18.4 Å². The number of carbonyl (C=O) groups is 6. The number of esters is 2. The smallest absolute Gasteiger partial charge is 0.338 e. The Hall–Kier alpha value is -8.14. The van der Waals surface area contributed by atoms with E-state index in [1.54, 1.807) is 79.7 Å². The summed E-state index contributed by atoms with van der Waals surface area (Å²) in [6.45, 7) is 8.80. The van der Waals surface area contributed by atoms with Crippen molar-refractivity contribution < 1.29 is 57.2 Å². The quantitative estimate of drug-likeness (QED) is 0.0376. The van der Waals surface area contributed by atoms with Crippen LogP contribution in [-0.4, -0.2) is 169 Å². The molecule has 4 aromatic carbocycles. The normalized spacial score (nSPS) is 19.4. The van der Waals surface area contributed by atoms with E-state index in [1.807, 2.05) is 25.5 Å².